The van der Waals surface area contributed by atoms with Crippen LogP contribution in [0.3, 0.4) is 0 Å². The second-order valence-corrected chi connectivity index (χ2v) is 8.42. The summed E-state index contributed by atoms with van der Waals surface area (Å²) in [5.41, 5.74) is 8.73. The van der Waals surface area contributed by atoms with Gasteiger partial charge in [0.2, 0.25) is 5.91 Å². The van der Waals surface area contributed by atoms with Crippen molar-refractivity contribution in [2.24, 2.45) is 5.73 Å². The lowest BCUT2D eigenvalue weighted by Gasteiger charge is -2.43. The molecule has 1 amide bonds. The number of Topliss-reactive ketones (excluding diaryl/α,β-unsaturated/α-hetero) is 1. The molecule has 2 aromatic carbocycles. The number of aryl methyl sites for hydroxylation is 1. The number of rotatable bonds is 1. The Morgan fingerprint density at radius 1 is 1.19 bits per heavy atom. The Hall–Kier alpha value is -3.56. The average Bonchev–Trinajstić information content (AvgIpc) is 3.01. The van der Waals surface area contributed by atoms with E-state index >= 15 is 0 Å². The van der Waals surface area contributed by atoms with Gasteiger partial charge in [0.25, 0.3) is 0 Å². The molecule has 31 heavy (non-hydrogen) atoms. The highest BCUT2D eigenvalue weighted by molar-refractivity contribution is 6.33. The molecule has 2 aliphatic heterocycles. The number of nitrogens with zero attached hydrogens (tertiary/aromatic N) is 2. The van der Waals surface area contributed by atoms with Gasteiger partial charge in [-0.25, -0.2) is 0 Å². The maximum Gasteiger partial charge on any atom is 0.245 e. The van der Waals surface area contributed by atoms with Crippen molar-refractivity contribution in [1.82, 2.24) is 0 Å². The van der Waals surface area contributed by atoms with Gasteiger partial charge in [-0.05, 0) is 38.0 Å². The molecule has 0 saturated heterocycles. The van der Waals surface area contributed by atoms with E-state index in [-0.39, 0.29) is 17.2 Å². The summed E-state index contributed by atoms with van der Waals surface area (Å²) >= 11 is 6.47. The van der Waals surface area contributed by atoms with Crippen LogP contribution >= 0.6 is 11.6 Å². The second-order valence-electron chi connectivity index (χ2n) is 8.01. The number of fused-ring (bicyclic) bond motifs is 3. The molecule has 1 atom stereocenters. The number of amides is 1. The molecule has 5 rings (SSSR count). The van der Waals surface area contributed by atoms with Crippen LogP contribution in [-0.2, 0) is 15.0 Å². The van der Waals surface area contributed by atoms with Crippen molar-refractivity contribution in [2.45, 2.75) is 31.6 Å². The number of nitrogens with one attached hydrogen (secondary N) is 1. The maximum atomic E-state index is 13.6. The summed E-state index contributed by atoms with van der Waals surface area (Å²) in [6.07, 6.45) is 1.48. The lowest BCUT2D eigenvalue weighted by Crippen LogP contribution is -2.50. The fourth-order valence-corrected chi connectivity index (χ4v) is 5.23. The zero-order valence-corrected chi connectivity index (χ0v) is 17.6. The zero-order chi connectivity index (χ0) is 21.9. The largest absolute Gasteiger partial charge is 0.384 e. The van der Waals surface area contributed by atoms with Gasteiger partial charge in [0.15, 0.2) is 5.78 Å². The number of carbonyl (C=O) groups excluding carboxylic acids is 2. The highest BCUT2D eigenvalue weighted by Gasteiger charge is 2.60. The number of para-hydroxylation sites is 1. The van der Waals surface area contributed by atoms with Gasteiger partial charge >= 0.3 is 0 Å². The van der Waals surface area contributed by atoms with Crippen LogP contribution in [0.15, 0.2) is 65.1 Å². The molecule has 0 bridgehead atoms. The van der Waals surface area contributed by atoms with Crippen LogP contribution in [0.1, 0.15) is 30.4 Å². The summed E-state index contributed by atoms with van der Waals surface area (Å²) in [7, 11) is 0. The summed E-state index contributed by atoms with van der Waals surface area (Å²) in [6, 6.07) is 14.8. The van der Waals surface area contributed by atoms with Crippen LogP contribution in [0.5, 0.6) is 0 Å². The first-order valence-electron chi connectivity index (χ1n) is 10.1. The molecule has 1 unspecified atom stereocenters. The molecule has 3 aliphatic rings. The molecule has 0 saturated carbocycles. The Bertz CT molecular complexity index is 1290. The fraction of sp³-hybridized carbons (Fsp3) is 0.208. The zero-order valence-electron chi connectivity index (χ0n) is 16.8. The predicted octanol–water partition coefficient (Wildman–Crippen LogP) is 4.06. The molecular weight excluding hydrogens is 412 g/mol. The Balaban J connectivity index is 1.91. The lowest BCUT2D eigenvalue weighted by atomic mass is 9.63. The van der Waals surface area contributed by atoms with Crippen molar-refractivity contribution in [1.29, 1.82) is 5.26 Å². The first-order chi connectivity index (χ1) is 14.9. The Labute approximate surface area is 184 Å². The summed E-state index contributed by atoms with van der Waals surface area (Å²) in [6.45, 7) is 1.91. The van der Waals surface area contributed by atoms with Crippen molar-refractivity contribution < 1.29 is 9.59 Å². The third kappa shape index (κ3) is 2.44. The highest BCUT2D eigenvalue weighted by atomic mass is 35.5. The summed E-state index contributed by atoms with van der Waals surface area (Å²) in [4.78, 5) is 28.6. The van der Waals surface area contributed by atoms with Crippen LogP contribution in [-0.4, -0.2) is 11.7 Å². The Kier molecular flexibility index (Phi) is 4.21. The van der Waals surface area contributed by atoms with Crippen LogP contribution in [0.2, 0.25) is 5.02 Å². The highest BCUT2D eigenvalue weighted by Crippen LogP contribution is 2.55. The van der Waals surface area contributed by atoms with E-state index in [0.29, 0.717) is 52.5 Å². The molecule has 1 spiro atoms. The van der Waals surface area contributed by atoms with E-state index in [9.17, 15) is 14.9 Å². The van der Waals surface area contributed by atoms with Crippen molar-refractivity contribution >= 4 is 34.7 Å². The number of halogens is 1. The number of ketones is 1. The molecule has 6 nitrogen and oxygen atoms in total. The number of anilines is 2. The monoisotopic (exact) mass is 430 g/mol. The van der Waals surface area contributed by atoms with E-state index < -0.39 is 11.3 Å². The van der Waals surface area contributed by atoms with Crippen LogP contribution in [0, 0.1) is 18.3 Å². The Morgan fingerprint density at radius 2 is 1.97 bits per heavy atom. The molecule has 7 heteroatoms. The van der Waals surface area contributed by atoms with Crippen LogP contribution < -0.4 is 16.0 Å². The van der Waals surface area contributed by atoms with Gasteiger partial charge in [-0.15, -0.1) is 0 Å². The number of allylic oxidation sites excluding steroid dienone is 1. The third-order valence-corrected chi connectivity index (χ3v) is 6.59. The topological polar surface area (TPSA) is 99.2 Å². The van der Waals surface area contributed by atoms with Crippen LogP contribution in [0.25, 0.3) is 0 Å². The first kappa shape index (κ1) is 19.4. The number of nitriles is 1. The molecule has 2 heterocycles. The van der Waals surface area contributed by atoms with E-state index in [2.05, 4.69) is 11.4 Å². The standard InChI is InChI=1S/C24H19ClN4O2/c1-13-9-10-17-14(11-13)24(23(31)28-17)15(12-26)22(27)29(18-6-3-2-5-16(18)25)19-7-4-8-20(30)21(19)24/h2-3,5-6,9-11H,4,7-8,27H2,1H3,(H,28,31). The molecule has 3 N–H and O–H groups in total. The van der Waals surface area contributed by atoms with E-state index in [4.69, 9.17) is 17.3 Å². The second kappa shape index (κ2) is 6.73. The molecule has 0 radical (unpaired) electrons. The smallest absolute Gasteiger partial charge is 0.245 e. The van der Waals surface area contributed by atoms with Crippen molar-refractivity contribution in [2.75, 3.05) is 10.2 Å². The van der Waals surface area contributed by atoms with Crippen molar-refractivity contribution in [3.8, 4) is 6.07 Å². The normalized spacial score (nSPS) is 22.4. The molecule has 154 valence electrons. The maximum absolute atomic E-state index is 13.6. The molecular formula is C24H19ClN4O2. The minimum absolute atomic E-state index is 0.0447. The van der Waals surface area contributed by atoms with Gasteiger partial charge in [-0.2, -0.15) is 5.26 Å². The van der Waals surface area contributed by atoms with E-state index in [1.165, 1.54) is 0 Å². The lowest BCUT2D eigenvalue weighted by molar-refractivity contribution is -0.122. The van der Waals surface area contributed by atoms with E-state index in [1.807, 2.05) is 25.1 Å². The van der Waals surface area contributed by atoms with Crippen LogP contribution in [0.4, 0.5) is 11.4 Å². The van der Waals surface area contributed by atoms with Gasteiger partial charge < -0.3 is 11.1 Å². The number of carbonyl (C=O) groups is 2. The molecule has 0 aromatic heterocycles. The molecule has 1 aliphatic carbocycles. The molecule has 0 fully saturated rings. The van der Waals surface area contributed by atoms with Gasteiger partial charge in [0, 0.05) is 28.9 Å². The van der Waals surface area contributed by atoms with Gasteiger partial charge in [0.1, 0.15) is 17.3 Å². The number of hydrogen-bond acceptors (Lipinski definition) is 5. The van der Waals surface area contributed by atoms with Gasteiger partial charge in [0.05, 0.1) is 16.3 Å². The van der Waals surface area contributed by atoms with E-state index in [1.54, 1.807) is 29.2 Å². The van der Waals surface area contributed by atoms with Gasteiger partial charge in [-0.3, -0.25) is 14.5 Å². The SMILES string of the molecule is Cc1ccc2c(c1)C1(C(=O)N2)C(C#N)=C(N)N(c2ccccc2Cl)C2=C1C(=O)CCC2. The number of hydrogen-bond donors (Lipinski definition) is 2. The minimum Gasteiger partial charge on any atom is -0.384 e. The van der Waals surface area contributed by atoms with Crippen molar-refractivity contribution in [3.63, 3.8) is 0 Å². The summed E-state index contributed by atoms with van der Waals surface area (Å²) in [5, 5.41) is 13.6. The third-order valence-electron chi connectivity index (χ3n) is 6.27. The summed E-state index contributed by atoms with van der Waals surface area (Å²) in [5.74, 6) is -0.453. The van der Waals surface area contributed by atoms with Gasteiger partial charge in [-0.1, -0.05) is 41.4 Å². The Morgan fingerprint density at radius 3 is 2.71 bits per heavy atom. The van der Waals surface area contributed by atoms with Crippen molar-refractivity contribution in [3.05, 3.63) is 81.3 Å². The minimum atomic E-state index is -1.55. The fourth-order valence-electron chi connectivity index (χ4n) is 5.01. The number of benzene rings is 2. The average molecular weight is 431 g/mol. The number of nitrogens with two attached hydrogens (primary N) is 1. The van der Waals surface area contributed by atoms with E-state index in [0.717, 1.165) is 5.56 Å². The first-order valence-corrected chi connectivity index (χ1v) is 10.4. The quantitative estimate of drug-likeness (QED) is 0.710. The summed E-state index contributed by atoms with van der Waals surface area (Å²) < 4.78 is 0. The molecule has 2 aromatic rings. The predicted molar refractivity (Wildman–Crippen MR) is 118 cm³/mol.